The van der Waals surface area contributed by atoms with Gasteiger partial charge in [0.25, 0.3) is 0 Å². The molecule has 2 saturated heterocycles. The first-order valence-corrected chi connectivity index (χ1v) is 5.80. The molecule has 0 saturated carbocycles. The van der Waals surface area contributed by atoms with Gasteiger partial charge in [-0.2, -0.15) is 0 Å². The van der Waals surface area contributed by atoms with Crippen molar-refractivity contribution in [1.29, 1.82) is 0 Å². The van der Waals surface area contributed by atoms with Crippen LogP contribution in [-0.2, 0) is 9.59 Å². The number of likely N-dealkylation sites (N-methyl/N-ethyl adjacent to an activating group) is 1. The smallest absolute Gasteiger partial charge is 0.246 e. The van der Waals surface area contributed by atoms with Gasteiger partial charge in [0.05, 0.1) is 12.5 Å². The summed E-state index contributed by atoms with van der Waals surface area (Å²) < 4.78 is 0. The van der Waals surface area contributed by atoms with Crippen molar-refractivity contribution in [3.63, 3.8) is 0 Å². The minimum absolute atomic E-state index is 0.0500. The summed E-state index contributed by atoms with van der Waals surface area (Å²) in [6, 6.07) is 0.450. The van der Waals surface area contributed by atoms with E-state index < -0.39 is 0 Å². The number of piperazine rings is 1. The number of carbonyl (C=O) groups is 2. The first-order chi connectivity index (χ1) is 7.50. The molecule has 16 heavy (non-hydrogen) atoms. The Labute approximate surface area is 95.8 Å². The van der Waals surface area contributed by atoms with E-state index >= 15 is 0 Å². The van der Waals surface area contributed by atoms with Gasteiger partial charge in [-0.05, 0) is 13.8 Å². The molecule has 5 heteroatoms. The quantitative estimate of drug-likeness (QED) is 0.607. The van der Waals surface area contributed by atoms with E-state index in [0.717, 1.165) is 13.1 Å². The van der Waals surface area contributed by atoms with Gasteiger partial charge in [0.1, 0.15) is 0 Å². The van der Waals surface area contributed by atoms with E-state index in [9.17, 15) is 9.59 Å². The fourth-order valence-corrected chi connectivity index (χ4v) is 2.48. The monoisotopic (exact) mass is 225 g/mol. The molecule has 0 spiro atoms. The summed E-state index contributed by atoms with van der Waals surface area (Å²) in [5.41, 5.74) is 0. The summed E-state index contributed by atoms with van der Waals surface area (Å²) in [5, 5.41) is 3.37. The maximum absolute atomic E-state index is 11.9. The highest BCUT2D eigenvalue weighted by Crippen LogP contribution is 2.21. The van der Waals surface area contributed by atoms with Crippen LogP contribution in [-0.4, -0.2) is 59.9 Å². The number of hydrogen-bond acceptors (Lipinski definition) is 4. The molecule has 1 N–H and O–H groups in total. The van der Waals surface area contributed by atoms with E-state index in [1.54, 1.807) is 7.05 Å². The molecule has 3 atom stereocenters. The Morgan fingerprint density at radius 1 is 1.31 bits per heavy atom. The number of carbonyl (C=O) groups excluding carboxylic acids is 2. The largest absolute Gasteiger partial charge is 0.311 e. The maximum Gasteiger partial charge on any atom is 0.246 e. The number of amides is 2. The third-order valence-corrected chi connectivity index (χ3v) is 3.57. The molecule has 5 nitrogen and oxygen atoms in total. The third-order valence-electron chi connectivity index (χ3n) is 3.57. The summed E-state index contributed by atoms with van der Waals surface area (Å²) >= 11 is 0. The Morgan fingerprint density at radius 3 is 2.56 bits per heavy atom. The molecule has 0 aromatic carbocycles. The van der Waals surface area contributed by atoms with Crippen LogP contribution in [0, 0.1) is 0 Å². The summed E-state index contributed by atoms with van der Waals surface area (Å²) in [5.74, 6) is -0.112. The Morgan fingerprint density at radius 2 is 2.00 bits per heavy atom. The zero-order valence-electron chi connectivity index (χ0n) is 10.1. The van der Waals surface area contributed by atoms with Gasteiger partial charge in [-0.25, -0.2) is 0 Å². The average Bonchev–Trinajstić information content (AvgIpc) is 2.50. The molecule has 2 aliphatic heterocycles. The molecular weight excluding hydrogens is 206 g/mol. The van der Waals surface area contributed by atoms with Crippen LogP contribution >= 0.6 is 0 Å². The molecule has 0 bridgehead atoms. The minimum atomic E-state index is -0.239. The molecule has 2 amide bonds. The molecule has 2 aliphatic rings. The molecule has 0 aromatic heterocycles. The summed E-state index contributed by atoms with van der Waals surface area (Å²) in [6.45, 7) is 5.90. The molecule has 90 valence electrons. The van der Waals surface area contributed by atoms with Crippen molar-refractivity contribution in [1.82, 2.24) is 15.1 Å². The second kappa shape index (κ2) is 4.14. The van der Waals surface area contributed by atoms with Gasteiger partial charge in [-0.1, -0.05) is 0 Å². The molecular formula is C11H19N3O2. The Kier molecular flexibility index (Phi) is 2.99. The van der Waals surface area contributed by atoms with Crippen molar-refractivity contribution >= 4 is 11.8 Å². The summed E-state index contributed by atoms with van der Waals surface area (Å²) in [4.78, 5) is 26.8. The first-order valence-electron chi connectivity index (χ1n) is 5.80. The Bertz CT molecular complexity index is 318. The molecule has 3 unspecified atom stereocenters. The van der Waals surface area contributed by atoms with E-state index in [4.69, 9.17) is 0 Å². The summed E-state index contributed by atoms with van der Waals surface area (Å²) in [6.07, 6.45) is 0.340. The number of hydrogen-bond donors (Lipinski definition) is 1. The lowest BCUT2D eigenvalue weighted by Gasteiger charge is -2.40. The van der Waals surface area contributed by atoms with Crippen molar-refractivity contribution in [2.24, 2.45) is 0 Å². The highest BCUT2D eigenvalue weighted by atomic mass is 16.2. The van der Waals surface area contributed by atoms with Crippen LogP contribution in [0.3, 0.4) is 0 Å². The Hall–Kier alpha value is -0.940. The Balaban J connectivity index is 2.12. The lowest BCUT2D eigenvalue weighted by Crippen LogP contribution is -2.59. The minimum Gasteiger partial charge on any atom is -0.311 e. The van der Waals surface area contributed by atoms with Gasteiger partial charge in [0.15, 0.2) is 0 Å². The average molecular weight is 225 g/mol. The van der Waals surface area contributed by atoms with E-state index in [1.807, 2.05) is 0 Å². The molecule has 0 aliphatic carbocycles. The predicted molar refractivity (Wildman–Crippen MR) is 59.8 cm³/mol. The van der Waals surface area contributed by atoms with Crippen LogP contribution in [0.2, 0.25) is 0 Å². The van der Waals surface area contributed by atoms with Gasteiger partial charge in [0.2, 0.25) is 11.8 Å². The van der Waals surface area contributed by atoms with Crippen molar-refractivity contribution < 1.29 is 9.59 Å². The fraction of sp³-hybridized carbons (Fsp3) is 0.818. The van der Waals surface area contributed by atoms with Crippen LogP contribution in [0.4, 0.5) is 0 Å². The van der Waals surface area contributed by atoms with Crippen LogP contribution in [0.1, 0.15) is 20.3 Å². The highest BCUT2D eigenvalue weighted by Gasteiger charge is 2.42. The fourth-order valence-electron chi connectivity index (χ4n) is 2.48. The van der Waals surface area contributed by atoms with Gasteiger partial charge >= 0.3 is 0 Å². The summed E-state index contributed by atoms with van der Waals surface area (Å²) in [7, 11) is 1.57. The highest BCUT2D eigenvalue weighted by molar-refractivity contribution is 6.05. The van der Waals surface area contributed by atoms with E-state index in [-0.39, 0.29) is 17.9 Å². The molecule has 2 fully saturated rings. The van der Waals surface area contributed by atoms with Gasteiger partial charge in [-0.15, -0.1) is 0 Å². The van der Waals surface area contributed by atoms with Crippen LogP contribution < -0.4 is 5.32 Å². The van der Waals surface area contributed by atoms with E-state index in [2.05, 4.69) is 24.1 Å². The SMILES string of the molecule is CC1CN(C2CC(=O)N(C)C2=O)C(C)CN1. The zero-order valence-corrected chi connectivity index (χ0v) is 10.1. The van der Waals surface area contributed by atoms with Gasteiger partial charge in [0, 0.05) is 32.2 Å². The number of rotatable bonds is 1. The van der Waals surface area contributed by atoms with Crippen molar-refractivity contribution in [3.8, 4) is 0 Å². The number of nitrogens with one attached hydrogen (secondary N) is 1. The van der Waals surface area contributed by atoms with Crippen molar-refractivity contribution in [3.05, 3.63) is 0 Å². The number of imide groups is 1. The topological polar surface area (TPSA) is 52.7 Å². The number of nitrogens with zero attached hydrogens (tertiary/aromatic N) is 2. The molecule has 2 heterocycles. The standard InChI is InChI=1S/C11H19N3O2/c1-7-6-14(8(2)5-12-7)9-4-10(15)13(3)11(9)16/h7-9,12H,4-6H2,1-3H3. The number of likely N-dealkylation sites (tertiary alicyclic amines) is 1. The predicted octanol–water partition coefficient (Wildman–Crippen LogP) is -0.574. The second-order valence-electron chi connectivity index (χ2n) is 4.87. The third kappa shape index (κ3) is 1.85. The van der Waals surface area contributed by atoms with E-state index in [1.165, 1.54) is 4.90 Å². The zero-order chi connectivity index (χ0) is 11.9. The van der Waals surface area contributed by atoms with Crippen molar-refractivity contribution in [2.45, 2.75) is 38.4 Å². The van der Waals surface area contributed by atoms with Gasteiger partial charge < -0.3 is 5.32 Å². The first kappa shape index (κ1) is 11.5. The van der Waals surface area contributed by atoms with Crippen molar-refractivity contribution in [2.75, 3.05) is 20.1 Å². The van der Waals surface area contributed by atoms with Gasteiger partial charge in [-0.3, -0.25) is 19.4 Å². The molecule has 2 rings (SSSR count). The molecule has 0 aromatic rings. The van der Waals surface area contributed by atoms with E-state index in [0.29, 0.717) is 18.5 Å². The second-order valence-corrected chi connectivity index (χ2v) is 4.87. The lowest BCUT2D eigenvalue weighted by molar-refractivity contribution is -0.138. The van der Waals surface area contributed by atoms with Crippen LogP contribution in [0.15, 0.2) is 0 Å². The van der Waals surface area contributed by atoms with Crippen LogP contribution in [0.25, 0.3) is 0 Å². The lowest BCUT2D eigenvalue weighted by atomic mass is 10.1. The maximum atomic E-state index is 11.9. The van der Waals surface area contributed by atoms with Crippen LogP contribution in [0.5, 0.6) is 0 Å². The molecule has 0 radical (unpaired) electrons. The normalized spacial score (nSPS) is 37.2.